The molecule has 2 saturated heterocycles. The number of rotatable bonds is 5. The van der Waals surface area contributed by atoms with Crippen LogP contribution in [-0.2, 0) is 6.18 Å². The summed E-state index contributed by atoms with van der Waals surface area (Å²) in [6.07, 6.45) is -2.71. The van der Waals surface area contributed by atoms with Gasteiger partial charge in [-0.15, -0.1) is 0 Å². The Morgan fingerprint density at radius 3 is 1.85 bits per heavy atom. The molecule has 0 aliphatic carbocycles. The van der Waals surface area contributed by atoms with Crippen LogP contribution in [0.3, 0.4) is 0 Å². The van der Waals surface area contributed by atoms with Crippen molar-refractivity contribution in [3.05, 3.63) is 62.2 Å². The molecule has 0 saturated carbocycles. The Balaban J connectivity index is 1.53. The normalized spacial score (nSPS) is 16.9. The van der Waals surface area contributed by atoms with Gasteiger partial charge in [-0.3, -0.25) is 20.2 Å². The van der Waals surface area contributed by atoms with Gasteiger partial charge in [0.05, 0.1) is 15.4 Å². The van der Waals surface area contributed by atoms with E-state index >= 15 is 0 Å². The van der Waals surface area contributed by atoms with Crippen LogP contribution in [0.4, 0.5) is 41.6 Å². The minimum atomic E-state index is -4.66. The van der Waals surface area contributed by atoms with E-state index in [9.17, 15) is 33.4 Å². The fourth-order valence-electron chi connectivity index (χ4n) is 4.39. The Morgan fingerprint density at radius 2 is 1.27 bits per heavy atom. The van der Waals surface area contributed by atoms with E-state index in [1.54, 1.807) is 17.0 Å². The Kier molecular flexibility index (Phi) is 6.00. The number of benzene rings is 2. The summed E-state index contributed by atoms with van der Waals surface area (Å²) in [7, 11) is 0. The number of alkyl halides is 3. The maximum atomic E-state index is 13.0. The highest BCUT2D eigenvalue weighted by Crippen LogP contribution is 2.38. The highest BCUT2D eigenvalue weighted by molar-refractivity contribution is 5.71. The number of nitro groups is 2. The van der Waals surface area contributed by atoms with Crippen molar-refractivity contribution in [2.75, 3.05) is 54.0 Å². The van der Waals surface area contributed by atoms with Gasteiger partial charge < -0.3 is 14.7 Å². The second-order valence-corrected chi connectivity index (χ2v) is 8.06. The van der Waals surface area contributed by atoms with Crippen molar-refractivity contribution >= 4 is 28.4 Å². The predicted octanol–water partition coefficient (Wildman–Crippen LogP) is 4.45. The molecule has 2 aromatic carbocycles. The molecular formula is C21H22F3N5O4. The van der Waals surface area contributed by atoms with Gasteiger partial charge in [0.1, 0.15) is 11.4 Å². The van der Waals surface area contributed by atoms with E-state index in [0.29, 0.717) is 37.9 Å². The van der Waals surface area contributed by atoms with Gasteiger partial charge in [0.25, 0.3) is 11.4 Å². The molecule has 0 radical (unpaired) electrons. The number of hydrogen-bond donors (Lipinski definition) is 0. The van der Waals surface area contributed by atoms with Crippen LogP contribution in [0.25, 0.3) is 0 Å². The number of piperazine rings is 1. The molecule has 9 nitrogen and oxygen atoms in total. The highest BCUT2D eigenvalue weighted by Gasteiger charge is 2.34. The number of nitrogens with zero attached hydrogens (tertiary/aromatic N) is 5. The largest absolute Gasteiger partial charge is 0.416 e. The Morgan fingerprint density at radius 1 is 0.697 bits per heavy atom. The lowest BCUT2D eigenvalue weighted by Gasteiger charge is -2.37. The molecule has 0 atom stereocenters. The summed E-state index contributed by atoms with van der Waals surface area (Å²) in [5.41, 5.74) is -0.0458. The van der Waals surface area contributed by atoms with Crippen LogP contribution in [0.1, 0.15) is 18.4 Å². The van der Waals surface area contributed by atoms with Crippen LogP contribution in [0.2, 0.25) is 0 Å². The first-order valence-corrected chi connectivity index (χ1v) is 10.5. The van der Waals surface area contributed by atoms with Crippen molar-refractivity contribution in [3.8, 4) is 0 Å². The summed E-state index contributed by atoms with van der Waals surface area (Å²) < 4.78 is 38.9. The van der Waals surface area contributed by atoms with Gasteiger partial charge in [0.2, 0.25) is 0 Å². The van der Waals surface area contributed by atoms with E-state index in [1.807, 2.05) is 9.80 Å². The number of anilines is 3. The summed E-state index contributed by atoms with van der Waals surface area (Å²) >= 11 is 0. The van der Waals surface area contributed by atoms with Crippen LogP contribution in [0, 0.1) is 20.2 Å². The van der Waals surface area contributed by atoms with E-state index < -0.39 is 22.4 Å². The van der Waals surface area contributed by atoms with Gasteiger partial charge in [-0.1, -0.05) is 0 Å². The van der Waals surface area contributed by atoms with Crippen LogP contribution in [-0.4, -0.2) is 49.1 Å². The number of nitro benzene ring substituents is 2. The molecule has 0 bridgehead atoms. The van der Waals surface area contributed by atoms with Crippen LogP contribution in [0.5, 0.6) is 0 Å². The maximum absolute atomic E-state index is 13.0. The van der Waals surface area contributed by atoms with Crippen molar-refractivity contribution in [1.29, 1.82) is 0 Å². The topological polar surface area (TPSA) is 96.0 Å². The van der Waals surface area contributed by atoms with Crippen molar-refractivity contribution in [1.82, 2.24) is 0 Å². The molecule has 2 aliphatic rings. The average molecular weight is 465 g/mol. The van der Waals surface area contributed by atoms with Gasteiger partial charge in [-0.2, -0.15) is 13.2 Å². The molecule has 0 amide bonds. The first-order valence-electron chi connectivity index (χ1n) is 10.5. The minimum absolute atomic E-state index is 0.0552. The minimum Gasteiger partial charge on any atom is -0.368 e. The fraction of sp³-hybridized carbons (Fsp3) is 0.429. The van der Waals surface area contributed by atoms with Gasteiger partial charge in [0, 0.05) is 57.1 Å². The number of halogens is 3. The maximum Gasteiger partial charge on any atom is 0.416 e. The Hall–Kier alpha value is -3.57. The quantitative estimate of drug-likeness (QED) is 0.476. The molecule has 12 heteroatoms. The Bertz CT molecular complexity index is 1060. The van der Waals surface area contributed by atoms with Crippen LogP contribution in [0.15, 0.2) is 36.4 Å². The molecule has 2 fully saturated rings. The molecule has 4 rings (SSSR count). The zero-order valence-electron chi connectivity index (χ0n) is 17.6. The van der Waals surface area contributed by atoms with Crippen molar-refractivity contribution in [3.63, 3.8) is 0 Å². The van der Waals surface area contributed by atoms with Crippen LogP contribution < -0.4 is 14.7 Å². The summed E-state index contributed by atoms with van der Waals surface area (Å²) in [5.74, 6) is 0. The summed E-state index contributed by atoms with van der Waals surface area (Å²) in [4.78, 5) is 27.4. The van der Waals surface area contributed by atoms with E-state index in [2.05, 4.69) is 0 Å². The lowest BCUT2D eigenvalue weighted by Crippen LogP contribution is -2.46. The smallest absolute Gasteiger partial charge is 0.368 e. The molecule has 2 aromatic rings. The van der Waals surface area contributed by atoms with E-state index in [-0.39, 0.29) is 16.3 Å². The van der Waals surface area contributed by atoms with Gasteiger partial charge in [-0.05, 0) is 37.1 Å². The zero-order valence-corrected chi connectivity index (χ0v) is 17.6. The second-order valence-electron chi connectivity index (χ2n) is 8.06. The van der Waals surface area contributed by atoms with Gasteiger partial charge in [0.15, 0.2) is 0 Å². The first-order chi connectivity index (χ1) is 15.6. The van der Waals surface area contributed by atoms with E-state index in [4.69, 9.17) is 0 Å². The van der Waals surface area contributed by atoms with E-state index in [0.717, 1.165) is 43.8 Å². The molecule has 0 unspecified atom stereocenters. The predicted molar refractivity (Wildman–Crippen MR) is 117 cm³/mol. The van der Waals surface area contributed by atoms with Crippen molar-refractivity contribution in [2.24, 2.45) is 0 Å². The molecule has 0 N–H and O–H groups in total. The third-order valence-electron chi connectivity index (χ3n) is 6.09. The lowest BCUT2D eigenvalue weighted by atomic mass is 10.1. The molecule has 2 aliphatic heterocycles. The van der Waals surface area contributed by atoms with Crippen LogP contribution >= 0.6 is 0 Å². The third kappa shape index (κ3) is 4.64. The summed E-state index contributed by atoms with van der Waals surface area (Å²) in [6.45, 7) is 3.18. The summed E-state index contributed by atoms with van der Waals surface area (Å²) in [6, 6.07) is 7.56. The van der Waals surface area contributed by atoms with E-state index in [1.165, 1.54) is 6.07 Å². The molecule has 0 aromatic heterocycles. The molecule has 0 spiro atoms. The lowest BCUT2D eigenvalue weighted by molar-refractivity contribution is -0.384. The molecule has 176 valence electrons. The fourth-order valence-corrected chi connectivity index (χ4v) is 4.39. The molecule has 2 heterocycles. The van der Waals surface area contributed by atoms with Crippen molar-refractivity contribution in [2.45, 2.75) is 19.0 Å². The van der Waals surface area contributed by atoms with Gasteiger partial charge >= 0.3 is 6.18 Å². The second kappa shape index (κ2) is 8.75. The molecular weight excluding hydrogens is 443 g/mol. The first kappa shape index (κ1) is 22.6. The average Bonchev–Trinajstić information content (AvgIpc) is 3.32. The standard InChI is InChI=1S/C21H22F3N5O4/c22-21(23,24)15-3-5-17(20(13-15)29(32)33)27-11-9-25(10-12-27)16-4-6-18(28(30)31)19(14-16)26-7-1-2-8-26/h3-6,13-14H,1-2,7-12H2. The zero-order chi connectivity index (χ0) is 23.8. The van der Waals surface area contributed by atoms with Gasteiger partial charge in [-0.25, -0.2) is 0 Å². The van der Waals surface area contributed by atoms with Crippen molar-refractivity contribution < 1.29 is 23.0 Å². The Labute approximate surface area is 187 Å². The molecule has 33 heavy (non-hydrogen) atoms. The summed E-state index contributed by atoms with van der Waals surface area (Å²) in [5, 5.41) is 22.9. The number of hydrogen-bond acceptors (Lipinski definition) is 7. The SMILES string of the molecule is O=[N+]([O-])c1ccc(N2CCN(c3ccc(C(F)(F)F)cc3[N+](=O)[O-])CC2)cc1N1CCCC1. The highest BCUT2D eigenvalue weighted by atomic mass is 19.4. The monoisotopic (exact) mass is 465 g/mol. The third-order valence-corrected chi connectivity index (χ3v) is 6.09.